The van der Waals surface area contributed by atoms with Gasteiger partial charge in [0.1, 0.15) is 11.6 Å². The second-order valence-electron chi connectivity index (χ2n) is 7.69. The highest BCUT2D eigenvalue weighted by Gasteiger charge is 2.43. The fourth-order valence-corrected chi connectivity index (χ4v) is 5.49. The summed E-state index contributed by atoms with van der Waals surface area (Å²) >= 11 is 0. The van der Waals surface area contributed by atoms with Crippen LogP contribution in [0.3, 0.4) is 0 Å². The van der Waals surface area contributed by atoms with Gasteiger partial charge >= 0.3 is 0 Å². The van der Waals surface area contributed by atoms with Crippen LogP contribution in [0.25, 0.3) is 6.08 Å². The van der Waals surface area contributed by atoms with Gasteiger partial charge in [-0.15, -0.1) is 0 Å². The number of rotatable bonds is 7. The maximum absolute atomic E-state index is 13.3. The van der Waals surface area contributed by atoms with Crippen molar-refractivity contribution in [1.82, 2.24) is 4.90 Å². The predicted molar refractivity (Wildman–Crippen MR) is 119 cm³/mol. The highest BCUT2D eigenvalue weighted by atomic mass is 32.2. The second-order valence-corrected chi connectivity index (χ2v) is 9.92. The lowest BCUT2D eigenvalue weighted by Crippen LogP contribution is -2.49. The summed E-state index contributed by atoms with van der Waals surface area (Å²) in [4.78, 5) is 27.0. The largest absolute Gasteiger partial charge is 0.490 e. The van der Waals surface area contributed by atoms with Gasteiger partial charge in [-0.1, -0.05) is 13.0 Å². The molecule has 3 rings (SSSR count). The lowest BCUT2D eigenvalue weighted by molar-refractivity contribution is -0.142. The quantitative estimate of drug-likeness (QED) is 0.456. The number of nitriles is 1. The molecule has 2 heterocycles. The van der Waals surface area contributed by atoms with Crippen LogP contribution in [0.4, 0.5) is 0 Å². The summed E-state index contributed by atoms with van der Waals surface area (Å²) in [5.41, 5.74) is 0.915. The van der Waals surface area contributed by atoms with E-state index in [2.05, 4.69) is 0 Å². The highest BCUT2D eigenvalue weighted by molar-refractivity contribution is 7.91. The topological polar surface area (TPSA) is 114 Å². The van der Waals surface area contributed by atoms with E-state index in [0.717, 1.165) is 11.3 Å². The van der Waals surface area contributed by atoms with Crippen LogP contribution in [0.2, 0.25) is 0 Å². The van der Waals surface area contributed by atoms with Gasteiger partial charge in [-0.2, -0.15) is 5.26 Å². The number of amides is 2. The second kappa shape index (κ2) is 9.57. The molecule has 0 radical (unpaired) electrons. The number of sulfone groups is 1. The molecule has 8 nitrogen and oxygen atoms in total. The van der Waals surface area contributed by atoms with Gasteiger partial charge in [0.15, 0.2) is 21.3 Å². The molecule has 0 bridgehead atoms. The van der Waals surface area contributed by atoms with Crippen molar-refractivity contribution in [3.8, 4) is 17.6 Å². The number of benzene rings is 1. The number of hydrogen-bond donors (Lipinski definition) is 0. The Kier molecular flexibility index (Phi) is 7.04. The molecular formula is C23H26N2O6S. The molecule has 2 aliphatic heterocycles. The van der Waals surface area contributed by atoms with Gasteiger partial charge in [-0.25, -0.2) is 8.42 Å². The van der Waals surface area contributed by atoms with Crippen LogP contribution in [0, 0.1) is 11.3 Å². The molecule has 1 fully saturated rings. The van der Waals surface area contributed by atoms with Crippen LogP contribution in [0.15, 0.2) is 34.9 Å². The molecule has 2 aliphatic rings. The first-order chi connectivity index (χ1) is 15.2. The summed E-state index contributed by atoms with van der Waals surface area (Å²) in [5.74, 6) is -0.604. The van der Waals surface area contributed by atoms with E-state index in [9.17, 15) is 23.3 Å². The van der Waals surface area contributed by atoms with Gasteiger partial charge in [-0.05, 0) is 56.0 Å². The third-order valence-electron chi connectivity index (χ3n) is 5.39. The van der Waals surface area contributed by atoms with E-state index < -0.39 is 27.7 Å². The van der Waals surface area contributed by atoms with Crippen molar-refractivity contribution in [2.24, 2.45) is 0 Å². The third-order valence-corrected chi connectivity index (χ3v) is 7.14. The van der Waals surface area contributed by atoms with Crippen LogP contribution in [0.1, 0.15) is 39.2 Å². The SMILES string of the molecule is CCCOc1ccc(/C=C2\C(=O)N([C@H]3CCS(=O)(=O)C3)C(=O)C(C#N)=C2C)cc1OCC. The average Bonchev–Trinajstić information content (AvgIpc) is 3.10. The van der Waals surface area contributed by atoms with Gasteiger partial charge < -0.3 is 9.47 Å². The molecule has 2 amide bonds. The van der Waals surface area contributed by atoms with E-state index in [0.29, 0.717) is 30.3 Å². The molecule has 1 aromatic carbocycles. The average molecular weight is 459 g/mol. The van der Waals surface area contributed by atoms with Crippen molar-refractivity contribution in [3.05, 3.63) is 40.5 Å². The van der Waals surface area contributed by atoms with Crippen molar-refractivity contribution < 1.29 is 27.5 Å². The number of nitrogens with zero attached hydrogens (tertiary/aromatic N) is 2. The van der Waals surface area contributed by atoms with Crippen LogP contribution in [-0.2, 0) is 19.4 Å². The molecule has 0 aliphatic carbocycles. The van der Waals surface area contributed by atoms with Gasteiger partial charge in [0.2, 0.25) is 0 Å². The minimum atomic E-state index is -3.33. The predicted octanol–water partition coefficient (Wildman–Crippen LogP) is 2.65. The minimum absolute atomic E-state index is 0.0880. The molecule has 0 unspecified atom stereocenters. The summed E-state index contributed by atoms with van der Waals surface area (Å²) in [6, 6.07) is 6.34. The Hall–Kier alpha value is -3.12. The van der Waals surface area contributed by atoms with Crippen molar-refractivity contribution >= 4 is 27.7 Å². The Morgan fingerprint density at radius 2 is 1.94 bits per heavy atom. The van der Waals surface area contributed by atoms with E-state index in [4.69, 9.17) is 9.47 Å². The van der Waals surface area contributed by atoms with Gasteiger partial charge in [0.25, 0.3) is 11.8 Å². The van der Waals surface area contributed by atoms with Crippen molar-refractivity contribution in [1.29, 1.82) is 5.26 Å². The smallest absolute Gasteiger partial charge is 0.271 e. The molecule has 0 N–H and O–H groups in total. The zero-order valence-electron chi connectivity index (χ0n) is 18.4. The molecule has 9 heteroatoms. The van der Waals surface area contributed by atoms with Crippen molar-refractivity contribution in [3.63, 3.8) is 0 Å². The van der Waals surface area contributed by atoms with E-state index in [1.54, 1.807) is 31.2 Å². The monoisotopic (exact) mass is 458 g/mol. The lowest BCUT2D eigenvalue weighted by Gasteiger charge is -2.31. The Bertz CT molecular complexity index is 1140. The summed E-state index contributed by atoms with van der Waals surface area (Å²) in [5, 5.41) is 9.55. The third kappa shape index (κ3) is 4.70. The molecule has 1 saturated heterocycles. The number of ether oxygens (including phenoxy) is 2. The summed E-state index contributed by atoms with van der Waals surface area (Å²) in [6.45, 7) is 6.36. The van der Waals surface area contributed by atoms with Crippen LogP contribution < -0.4 is 9.47 Å². The Morgan fingerprint density at radius 1 is 1.19 bits per heavy atom. The maximum atomic E-state index is 13.3. The molecule has 32 heavy (non-hydrogen) atoms. The van der Waals surface area contributed by atoms with Crippen molar-refractivity contribution in [2.45, 2.75) is 39.7 Å². The standard InChI is InChI=1S/C23H26N2O6S/c1-4-9-31-20-7-6-16(12-21(20)30-5-2)11-18-15(3)19(13-24)23(27)25(22(18)26)17-8-10-32(28,29)14-17/h6-7,11-12,17H,4-5,8-10,14H2,1-3H3/b18-11-/t17-/m0/s1. The molecular weight excluding hydrogens is 432 g/mol. The zero-order chi connectivity index (χ0) is 23.5. The molecule has 0 saturated carbocycles. The van der Waals surface area contributed by atoms with Gasteiger partial charge in [-0.3, -0.25) is 14.5 Å². The summed E-state index contributed by atoms with van der Waals surface area (Å²) < 4.78 is 35.2. The molecule has 170 valence electrons. The van der Waals surface area contributed by atoms with E-state index in [1.165, 1.54) is 0 Å². The van der Waals surface area contributed by atoms with E-state index >= 15 is 0 Å². The molecule has 1 aromatic rings. The zero-order valence-corrected chi connectivity index (χ0v) is 19.2. The van der Waals surface area contributed by atoms with E-state index in [-0.39, 0.29) is 34.6 Å². The van der Waals surface area contributed by atoms with Crippen LogP contribution >= 0.6 is 0 Å². The minimum Gasteiger partial charge on any atom is -0.490 e. The van der Waals surface area contributed by atoms with Crippen LogP contribution in [-0.4, -0.2) is 55.9 Å². The molecule has 0 spiro atoms. The number of carbonyl (C=O) groups is 2. The van der Waals surface area contributed by atoms with Crippen LogP contribution in [0.5, 0.6) is 11.5 Å². The first-order valence-corrected chi connectivity index (χ1v) is 12.4. The number of carbonyl (C=O) groups excluding carboxylic acids is 2. The van der Waals surface area contributed by atoms with Gasteiger partial charge in [0, 0.05) is 5.57 Å². The first-order valence-electron chi connectivity index (χ1n) is 10.5. The fraction of sp³-hybridized carbons (Fsp3) is 0.435. The highest BCUT2D eigenvalue weighted by Crippen LogP contribution is 2.33. The lowest BCUT2D eigenvalue weighted by atomic mass is 9.92. The molecule has 1 atom stereocenters. The van der Waals surface area contributed by atoms with Gasteiger partial charge in [0.05, 0.1) is 30.8 Å². The number of hydrogen-bond acceptors (Lipinski definition) is 7. The Balaban J connectivity index is 2.04. The fourth-order valence-electron chi connectivity index (χ4n) is 3.79. The normalized spacial score (nSPS) is 21.8. The summed E-state index contributed by atoms with van der Waals surface area (Å²) in [6.07, 6.45) is 2.60. The Labute approximate surface area is 188 Å². The summed E-state index contributed by atoms with van der Waals surface area (Å²) in [7, 11) is -3.33. The number of imide groups is 1. The maximum Gasteiger partial charge on any atom is 0.271 e. The Morgan fingerprint density at radius 3 is 2.53 bits per heavy atom. The van der Waals surface area contributed by atoms with E-state index in [1.807, 2.05) is 19.9 Å². The first kappa shape index (κ1) is 23.5. The molecule has 0 aromatic heterocycles. The van der Waals surface area contributed by atoms with Crippen molar-refractivity contribution in [2.75, 3.05) is 24.7 Å².